The number of nitrogens with zero attached hydrogens (tertiary/aromatic N) is 2. The Morgan fingerprint density at radius 1 is 0.969 bits per heavy atom. The number of hydrogen-bond donors (Lipinski definition) is 0. The smallest absolute Gasteiger partial charge is 0.235 e. The van der Waals surface area contributed by atoms with Gasteiger partial charge in [0.25, 0.3) is 0 Å². The molecule has 0 saturated heterocycles. The van der Waals surface area contributed by atoms with Gasteiger partial charge in [-0.1, -0.05) is 55.2 Å². The second-order valence-corrected chi connectivity index (χ2v) is 16.4. The minimum atomic E-state index is -2.27. The number of aryl methyl sites for hydroxylation is 2. The minimum absolute atomic E-state index is 0.0939. The lowest BCUT2D eigenvalue weighted by Gasteiger charge is -2.21. The lowest BCUT2D eigenvalue weighted by molar-refractivity contribution is 0.138. The van der Waals surface area contributed by atoms with Crippen molar-refractivity contribution in [3.8, 4) is 11.3 Å². The van der Waals surface area contributed by atoms with Crippen LogP contribution in [0.2, 0.25) is 19.6 Å². The second kappa shape index (κ2) is 7.97. The third-order valence-electron chi connectivity index (χ3n) is 5.95. The van der Waals surface area contributed by atoms with Crippen molar-refractivity contribution in [2.24, 2.45) is 0 Å². The summed E-state index contributed by atoms with van der Waals surface area (Å²) in [6, 6.07) is 13.1. The molecule has 164 valence electrons. The summed E-state index contributed by atoms with van der Waals surface area (Å²) >= 11 is 3.30. The molecule has 0 atom stereocenters. The molecule has 3 aromatic heterocycles. The van der Waals surface area contributed by atoms with E-state index in [-0.39, 0.29) is 6.42 Å². The monoisotopic (exact) mass is 482 g/mol. The van der Waals surface area contributed by atoms with Crippen LogP contribution in [0.25, 0.3) is 41.6 Å². The highest BCUT2D eigenvalue weighted by Gasteiger charge is 2.23. The number of alkyl halides is 2. The van der Waals surface area contributed by atoms with Crippen LogP contribution in [0, 0.1) is 6.92 Å². The zero-order valence-corrected chi connectivity index (χ0v) is 21.1. The highest BCUT2D eigenvalue weighted by atomic mass is 32.1. The molecule has 0 amide bonds. The largest absolute Gasteiger partial charge is 0.239 e. The molecule has 7 heteroatoms. The van der Waals surface area contributed by atoms with Gasteiger partial charge in [0.05, 0.1) is 27.9 Å². The van der Waals surface area contributed by atoms with E-state index >= 15 is 0 Å². The standard InChI is InChI=1S/C25H24F2N2S2Si/c1-14-18(9-10-20(26)27)30-25-22-24(31-23(14)25)21(28-13-29-22)16-11-15-7-5-6-8-17(15)19(12-16)32(2,3)4/h5-8,11-13,20H,9-10H2,1-4H3. The third kappa shape index (κ3) is 3.66. The van der Waals surface area contributed by atoms with Crippen LogP contribution >= 0.6 is 22.7 Å². The number of aromatic nitrogens is 2. The van der Waals surface area contributed by atoms with Crippen LogP contribution in [0.5, 0.6) is 0 Å². The van der Waals surface area contributed by atoms with Crippen LogP contribution in [0.15, 0.2) is 42.7 Å². The van der Waals surface area contributed by atoms with Crippen LogP contribution in [0.1, 0.15) is 16.9 Å². The van der Waals surface area contributed by atoms with E-state index in [2.05, 4.69) is 61.0 Å². The van der Waals surface area contributed by atoms with Gasteiger partial charge >= 0.3 is 0 Å². The summed E-state index contributed by atoms with van der Waals surface area (Å²) in [7, 11) is -1.58. The number of thiophene rings is 2. The number of halogens is 2. The zero-order valence-electron chi connectivity index (χ0n) is 18.5. The number of rotatable bonds is 5. The normalized spacial score (nSPS) is 12.6. The van der Waals surface area contributed by atoms with Gasteiger partial charge in [-0.05, 0) is 35.7 Å². The van der Waals surface area contributed by atoms with Gasteiger partial charge in [0, 0.05) is 16.9 Å². The van der Waals surface area contributed by atoms with E-state index in [1.807, 2.05) is 6.92 Å². The predicted octanol–water partition coefficient (Wildman–Crippen LogP) is 7.78. The molecule has 0 aliphatic heterocycles. The third-order valence-corrected chi connectivity index (χ3v) is 10.8. The molecule has 0 bridgehead atoms. The molecule has 32 heavy (non-hydrogen) atoms. The molecule has 5 aromatic rings. The van der Waals surface area contributed by atoms with Crippen LogP contribution in [-0.4, -0.2) is 24.5 Å². The van der Waals surface area contributed by atoms with Crippen molar-refractivity contribution in [3.63, 3.8) is 0 Å². The Morgan fingerprint density at radius 2 is 1.75 bits per heavy atom. The van der Waals surface area contributed by atoms with E-state index in [1.54, 1.807) is 29.0 Å². The lowest BCUT2D eigenvalue weighted by atomic mass is 10.0. The van der Waals surface area contributed by atoms with E-state index in [9.17, 15) is 8.78 Å². The van der Waals surface area contributed by atoms with Gasteiger partial charge in [-0.25, -0.2) is 18.7 Å². The molecule has 0 unspecified atom stereocenters. The van der Waals surface area contributed by atoms with Crippen LogP contribution < -0.4 is 5.19 Å². The molecule has 2 nitrogen and oxygen atoms in total. The fourth-order valence-corrected chi connectivity index (χ4v) is 8.72. The molecule has 0 saturated carbocycles. The van der Waals surface area contributed by atoms with Crippen molar-refractivity contribution in [1.29, 1.82) is 0 Å². The number of benzene rings is 2. The summed E-state index contributed by atoms with van der Waals surface area (Å²) in [6.07, 6.45) is -0.308. The van der Waals surface area contributed by atoms with E-state index in [4.69, 9.17) is 4.98 Å². The first-order chi connectivity index (χ1) is 15.2. The van der Waals surface area contributed by atoms with Gasteiger partial charge in [-0.3, -0.25) is 0 Å². The average Bonchev–Trinajstić information content (AvgIpc) is 3.27. The molecule has 3 heterocycles. The Kier molecular flexibility index (Phi) is 5.38. The Labute approximate surface area is 195 Å². The van der Waals surface area contributed by atoms with Crippen molar-refractivity contribution in [3.05, 3.63) is 53.2 Å². The molecular weight excluding hydrogens is 459 g/mol. The Hall–Kier alpha value is -2.22. The fraction of sp³-hybridized carbons (Fsp3) is 0.280. The Morgan fingerprint density at radius 3 is 2.50 bits per heavy atom. The fourth-order valence-electron chi connectivity index (χ4n) is 4.31. The number of fused-ring (bicyclic) bond motifs is 4. The van der Waals surface area contributed by atoms with Gasteiger partial charge < -0.3 is 0 Å². The molecular formula is C25H24F2N2S2Si. The minimum Gasteiger partial charge on any atom is -0.235 e. The summed E-state index contributed by atoms with van der Waals surface area (Å²) in [5, 5.41) is 3.99. The molecule has 0 N–H and O–H groups in total. The van der Waals surface area contributed by atoms with Gasteiger partial charge in [-0.2, -0.15) is 0 Å². The van der Waals surface area contributed by atoms with Gasteiger partial charge in [-0.15, -0.1) is 22.7 Å². The SMILES string of the molecule is Cc1c(CCC(F)F)sc2c1sc1c(-c3cc([Si](C)(C)C)c4ccccc4c3)ncnc12. The average molecular weight is 483 g/mol. The Bertz CT molecular complexity index is 1460. The summed E-state index contributed by atoms with van der Waals surface area (Å²) in [6.45, 7) is 9.17. The lowest BCUT2D eigenvalue weighted by Crippen LogP contribution is -2.38. The van der Waals surface area contributed by atoms with Gasteiger partial charge in [0.15, 0.2) is 0 Å². The topological polar surface area (TPSA) is 25.8 Å². The second-order valence-electron chi connectivity index (χ2n) is 9.24. The quantitative estimate of drug-likeness (QED) is 0.239. The number of hydrogen-bond acceptors (Lipinski definition) is 4. The first-order valence-electron chi connectivity index (χ1n) is 10.7. The maximum absolute atomic E-state index is 12.7. The van der Waals surface area contributed by atoms with Crippen LogP contribution in [0.4, 0.5) is 8.78 Å². The molecule has 0 fully saturated rings. The maximum Gasteiger partial charge on any atom is 0.239 e. The van der Waals surface area contributed by atoms with Crippen molar-refractivity contribution in [2.45, 2.75) is 45.8 Å². The van der Waals surface area contributed by atoms with Crippen LogP contribution in [0.3, 0.4) is 0 Å². The highest BCUT2D eigenvalue weighted by molar-refractivity contribution is 7.33. The van der Waals surface area contributed by atoms with E-state index in [1.165, 1.54) is 16.0 Å². The van der Waals surface area contributed by atoms with Gasteiger partial charge in [0.2, 0.25) is 6.43 Å². The van der Waals surface area contributed by atoms with Crippen molar-refractivity contribution >= 4 is 66.3 Å². The van der Waals surface area contributed by atoms with E-state index < -0.39 is 14.5 Å². The molecule has 0 spiro atoms. The van der Waals surface area contributed by atoms with Gasteiger partial charge in [0.1, 0.15) is 11.8 Å². The molecule has 2 aromatic carbocycles. The summed E-state index contributed by atoms with van der Waals surface area (Å²) in [5.41, 5.74) is 4.13. The maximum atomic E-state index is 12.7. The summed E-state index contributed by atoms with van der Waals surface area (Å²) in [5.74, 6) is 0. The first-order valence-corrected chi connectivity index (χ1v) is 15.8. The van der Waals surface area contributed by atoms with Crippen molar-refractivity contribution in [1.82, 2.24) is 9.97 Å². The Balaban J connectivity index is 1.72. The molecule has 0 aliphatic carbocycles. The first kappa shape index (κ1) is 21.6. The summed E-state index contributed by atoms with van der Waals surface area (Å²) in [4.78, 5) is 10.4. The van der Waals surface area contributed by atoms with E-state index in [0.29, 0.717) is 6.42 Å². The predicted molar refractivity (Wildman–Crippen MR) is 138 cm³/mol. The van der Waals surface area contributed by atoms with Crippen molar-refractivity contribution in [2.75, 3.05) is 0 Å². The molecule has 0 aliphatic rings. The van der Waals surface area contributed by atoms with Crippen molar-refractivity contribution < 1.29 is 8.78 Å². The highest BCUT2D eigenvalue weighted by Crippen LogP contribution is 2.44. The summed E-state index contributed by atoms with van der Waals surface area (Å²) < 4.78 is 28.8. The zero-order chi connectivity index (χ0) is 22.6. The van der Waals surface area contributed by atoms with E-state index in [0.717, 1.165) is 41.3 Å². The molecule has 5 rings (SSSR count). The molecule has 0 radical (unpaired) electrons. The van der Waals surface area contributed by atoms with Crippen LogP contribution in [-0.2, 0) is 6.42 Å².